The van der Waals surface area contributed by atoms with E-state index in [0.29, 0.717) is 17.3 Å². The molecule has 1 aromatic carbocycles. The van der Waals surface area contributed by atoms with Crippen LogP contribution in [0.5, 0.6) is 5.75 Å². The van der Waals surface area contributed by atoms with Crippen LogP contribution in [0.2, 0.25) is 0 Å². The number of aliphatic imine (C=N–C) groups is 1. The van der Waals surface area contributed by atoms with E-state index in [0.717, 1.165) is 16.7 Å². The molecule has 146 valence electrons. The molecule has 0 radical (unpaired) electrons. The van der Waals surface area contributed by atoms with E-state index >= 15 is 0 Å². The standard InChI is InChI=1S/C19H21ClN6O2/c1-10(2)28-12-4-5-15-13(8-12)18(26-25-15)19-22-7-6-16(24-19)23-9-14(20)17(21)11(3)27/h4-11,27H,21H2,1-3H3,(H,25,26). The molecule has 0 aliphatic carbocycles. The summed E-state index contributed by atoms with van der Waals surface area (Å²) in [6, 6.07) is 7.31. The number of nitrogens with two attached hydrogens (primary N) is 1. The van der Waals surface area contributed by atoms with E-state index in [1.54, 1.807) is 12.3 Å². The number of allylic oxidation sites excluding steroid dienone is 1. The summed E-state index contributed by atoms with van der Waals surface area (Å²) in [6.45, 7) is 5.46. The number of nitrogens with zero attached hydrogens (tertiary/aromatic N) is 4. The molecule has 0 amide bonds. The molecule has 28 heavy (non-hydrogen) atoms. The Balaban J connectivity index is 1.95. The van der Waals surface area contributed by atoms with Gasteiger partial charge in [0.2, 0.25) is 0 Å². The van der Waals surface area contributed by atoms with Crippen molar-refractivity contribution in [1.29, 1.82) is 0 Å². The number of fused-ring (bicyclic) bond motifs is 1. The molecule has 4 N–H and O–H groups in total. The van der Waals surface area contributed by atoms with Crippen molar-refractivity contribution in [2.24, 2.45) is 10.7 Å². The number of aliphatic hydroxyl groups is 1. The second kappa shape index (κ2) is 8.37. The zero-order chi connectivity index (χ0) is 20.3. The number of hydrogen-bond donors (Lipinski definition) is 3. The van der Waals surface area contributed by atoms with Crippen molar-refractivity contribution in [3.05, 3.63) is 41.2 Å². The quantitative estimate of drug-likeness (QED) is 0.545. The SMILES string of the molecule is CC(C)Oc1ccc2[nH]nc(-c3nccc(N=CC(Cl)=C(N)C(C)O)n3)c2c1. The van der Waals surface area contributed by atoms with Crippen molar-refractivity contribution in [3.8, 4) is 17.3 Å². The molecule has 9 heteroatoms. The molecule has 0 aliphatic heterocycles. The highest BCUT2D eigenvalue weighted by Crippen LogP contribution is 2.28. The van der Waals surface area contributed by atoms with Gasteiger partial charge in [-0.2, -0.15) is 5.10 Å². The first-order valence-electron chi connectivity index (χ1n) is 8.70. The maximum Gasteiger partial charge on any atom is 0.182 e. The van der Waals surface area contributed by atoms with Crippen LogP contribution in [0.4, 0.5) is 5.82 Å². The summed E-state index contributed by atoms with van der Waals surface area (Å²) < 4.78 is 5.75. The van der Waals surface area contributed by atoms with Crippen LogP contribution in [0.1, 0.15) is 20.8 Å². The molecule has 0 saturated heterocycles. The molecule has 0 spiro atoms. The third-order valence-electron chi connectivity index (χ3n) is 3.79. The Labute approximate surface area is 167 Å². The van der Waals surface area contributed by atoms with Crippen molar-refractivity contribution in [2.45, 2.75) is 33.0 Å². The highest BCUT2D eigenvalue weighted by atomic mass is 35.5. The summed E-state index contributed by atoms with van der Waals surface area (Å²) in [5, 5.41) is 17.7. The number of aliphatic hydroxyl groups excluding tert-OH is 1. The van der Waals surface area contributed by atoms with Gasteiger partial charge < -0.3 is 15.6 Å². The summed E-state index contributed by atoms with van der Waals surface area (Å²) in [5.41, 5.74) is 7.26. The first-order valence-corrected chi connectivity index (χ1v) is 9.08. The van der Waals surface area contributed by atoms with E-state index in [2.05, 4.69) is 25.2 Å². The normalized spacial score (nSPS) is 13.9. The number of H-pyrrole nitrogens is 1. The molecule has 8 nitrogen and oxygen atoms in total. The van der Waals surface area contributed by atoms with Crippen molar-refractivity contribution < 1.29 is 9.84 Å². The molecule has 3 aromatic rings. The Morgan fingerprint density at radius 3 is 2.82 bits per heavy atom. The lowest BCUT2D eigenvalue weighted by Crippen LogP contribution is -2.15. The van der Waals surface area contributed by atoms with Crippen LogP contribution < -0.4 is 10.5 Å². The van der Waals surface area contributed by atoms with E-state index in [1.807, 2.05) is 32.0 Å². The molecule has 1 unspecified atom stereocenters. The van der Waals surface area contributed by atoms with Crippen molar-refractivity contribution in [1.82, 2.24) is 20.2 Å². The summed E-state index contributed by atoms with van der Waals surface area (Å²) in [5.74, 6) is 1.53. The van der Waals surface area contributed by atoms with Gasteiger partial charge in [0.05, 0.1) is 28.5 Å². The van der Waals surface area contributed by atoms with Gasteiger partial charge in [0.1, 0.15) is 11.4 Å². The number of halogens is 1. The number of nitrogens with one attached hydrogen (secondary N) is 1. The number of hydrogen-bond acceptors (Lipinski definition) is 7. The van der Waals surface area contributed by atoms with Crippen LogP contribution in [0.25, 0.3) is 22.4 Å². The predicted molar refractivity (Wildman–Crippen MR) is 110 cm³/mol. The number of rotatable bonds is 6. The minimum absolute atomic E-state index is 0.0635. The molecule has 2 aromatic heterocycles. The molecule has 1 atom stereocenters. The lowest BCUT2D eigenvalue weighted by atomic mass is 10.2. The van der Waals surface area contributed by atoms with Crippen LogP contribution in [0.3, 0.4) is 0 Å². The average Bonchev–Trinajstić information content (AvgIpc) is 3.08. The van der Waals surface area contributed by atoms with E-state index in [4.69, 9.17) is 22.1 Å². The van der Waals surface area contributed by atoms with E-state index in [-0.39, 0.29) is 16.8 Å². The van der Waals surface area contributed by atoms with Gasteiger partial charge in [0.25, 0.3) is 0 Å². The smallest absolute Gasteiger partial charge is 0.182 e. The summed E-state index contributed by atoms with van der Waals surface area (Å²) in [6.07, 6.45) is 2.12. The summed E-state index contributed by atoms with van der Waals surface area (Å²) in [4.78, 5) is 12.9. The third kappa shape index (κ3) is 4.47. The molecular weight excluding hydrogens is 380 g/mol. The molecule has 0 aliphatic rings. The van der Waals surface area contributed by atoms with Gasteiger partial charge in [-0.15, -0.1) is 0 Å². The molecule has 2 heterocycles. The fourth-order valence-electron chi connectivity index (χ4n) is 2.44. The lowest BCUT2D eigenvalue weighted by Gasteiger charge is -2.09. The van der Waals surface area contributed by atoms with E-state index in [1.165, 1.54) is 13.1 Å². The average molecular weight is 401 g/mol. The fraction of sp³-hybridized carbons (Fsp3) is 0.263. The van der Waals surface area contributed by atoms with Gasteiger partial charge in [0.15, 0.2) is 11.6 Å². The molecule has 0 bridgehead atoms. The zero-order valence-electron chi connectivity index (χ0n) is 15.7. The maximum absolute atomic E-state index is 9.46. The van der Waals surface area contributed by atoms with Crippen molar-refractivity contribution in [2.75, 3.05) is 0 Å². The monoisotopic (exact) mass is 400 g/mol. The van der Waals surface area contributed by atoms with Gasteiger partial charge in [-0.1, -0.05) is 11.6 Å². The Kier molecular flexibility index (Phi) is 5.91. The van der Waals surface area contributed by atoms with Crippen LogP contribution in [0, 0.1) is 0 Å². The number of benzene rings is 1. The Morgan fingerprint density at radius 1 is 1.32 bits per heavy atom. The Hall–Kier alpha value is -2.97. The lowest BCUT2D eigenvalue weighted by molar-refractivity contribution is 0.229. The van der Waals surface area contributed by atoms with Crippen LogP contribution in [-0.4, -0.2) is 43.7 Å². The van der Waals surface area contributed by atoms with Gasteiger partial charge in [0, 0.05) is 23.9 Å². The van der Waals surface area contributed by atoms with Crippen molar-refractivity contribution >= 4 is 34.5 Å². The number of aromatic nitrogens is 4. The minimum atomic E-state index is -0.863. The van der Waals surface area contributed by atoms with Crippen LogP contribution >= 0.6 is 11.6 Å². The predicted octanol–water partition coefficient (Wildman–Crippen LogP) is 3.30. The summed E-state index contributed by atoms with van der Waals surface area (Å²) >= 11 is 6.02. The van der Waals surface area contributed by atoms with Gasteiger partial charge in [-0.3, -0.25) is 5.10 Å². The summed E-state index contributed by atoms with van der Waals surface area (Å²) in [7, 11) is 0. The van der Waals surface area contributed by atoms with E-state index < -0.39 is 6.10 Å². The third-order valence-corrected chi connectivity index (χ3v) is 4.11. The number of ether oxygens (including phenoxy) is 1. The maximum atomic E-state index is 9.46. The highest BCUT2D eigenvalue weighted by Gasteiger charge is 2.13. The second-order valence-electron chi connectivity index (χ2n) is 6.42. The molecular formula is C19H21ClN6O2. The zero-order valence-corrected chi connectivity index (χ0v) is 16.5. The topological polar surface area (TPSA) is 122 Å². The van der Waals surface area contributed by atoms with Crippen molar-refractivity contribution in [3.63, 3.8) is 0 Å². The Morgan fingerprint density at radius 2 is 2.11 bits per heavy atom. The minimum Gasteiger partial charge on any atom is -0.491 e. The van der Waals surface area contributed by atoms with Crippen LogP contribution in [-0.2, 0) is 0 Å². The first-order chi connectivity index (χ1) is 13.3. The molecule has 3 rings (SSSR count). The van der Waals surface area contributed by atoms with Gasteiger partial charge in [-0.05, 0) is 39.0 Å². The molecule has 0 saturated carbocycles. The van der Waals surface area contributed by atoms with E-state index in [9.17, 15) is 5.11 Å². The number of aromatic amines is 1. The molecule has 0 fully saturated rings. The van der Waals surface area contributed by atoms with Gasteiger partial charge in [-0.25, -0.2) is 15.0 Å². The Bertz CT molecular complexity index is 1040. The first kappa shape index (κ1) is 19.8. The largest absolute Gasteiger partial charge is 0.491 e. The fourth-order valence-corrected chi connectivity index (χ4v) is 2.65. The highest BCUT2D eigenvalue weighted by molar-refractivity contribution is 6.39. The van der Waals surface area contributed by atoms with Crippen LogP contribution in [0.15, 0.2) is 46.2 Å². The second-order valence-corrected chi connectivity index (χ2v) is 6.83. The van der Waals surface area contributed by atoms with Gasteiger partial charge >= 0.3 is 0 Å².